The fourth-order valence-corrected chi connectivity index (χ4v) is 3.22. The van der Waals surface area contributed by atoms with Crippen molar-refractivity contribution in [1.29, 1.82) is 5.41 Å². The van der Waals surface area contributed by atoms with E-state index in [1.807, 2.05) is 48.5 Å². The van der Waals surface area contributed by atoms with Gasteiger partial charge in [0.25, 0.3) is 0 Å². The van der Waals surface area contributed by atoms with Crippen molar-refractivity contribution in [2.24, 2.45) is 5.73 Å². The van der Waals surface area contributed by atoms with E-state index >= 15 is 0 Å². The van der Waals surface area contributed by atoms with Crippen molar-refractivity contribution >= 4 is 30.1 Å². The van der Waals surface area contributed by atoms with Gasteiger partial charge in [0.15, 0.2) is 0 Å². The summed E-state index contributed by atoms with van der Waals surface area (Å²) in [6.45, 7) is 0.777. The molecule has 0 bridgehead atoms. The molecule has 3 aromatic rings. The molecule has 3 rings (SSSR count). The Morgan fingerprint density at radius 3 is 2.26 bits per heavy atom. The van der Waals surface area contributed by atoms with E-state index in [1.165, 1.54) is 0 Å². The van der Waals surface area contributed by atoms with Crippen molar-refractivity contribution in [2.45, 2.75) is 19.0 Å². The highest BCUT2D eigenvalue weighted by Gasteiger charge is 2.21. The Balaban J connectivity index is 0.00000408. The highest BCUT2D eigenvalue weighted by molar-refractivity contribution is 5.94. The maximum atomic E-state index is 12.9. The van der Waals surface area contributed by atoms with Gasteiger partial charge in [-0.05, 0) is 29.7 Å². The Morgan fingerprint density at radius 2 is 1.62 bits per heavy atom. The van der Waals surface area contributed by atoms with Crippen LogP contribution in [0.25, 0.3) is 0 Å². The van der Waals surface area contributed by atoms with Crippen molar-refractivity contribution < 1.29 is 9.59 Å². The normalized spacial score (nSPS) is 11.1. The predicted octanol–water partition coefficient (Wildman–Crippen LogP) is 2.09. The van der Waals surface area contributed by atoms with E-state index in [1.54, 1.807) is 30.5 Å². The first-order valence-electron chi connectivity index (χ1n) is 10.7. The van der Waals surface area contributed by atoms with E-state index in [0.29, 0.717) is 24.3 Å². The zero-order valence-corrected chi connectivity index (χ0v) is 19.5. The van der Waals surface area contributed by atoms with Crippen LogP contribution in [0.15, 0.2) is 79.0 Å². The molecule has 9 heteroatoms. The van der Waals surface area contributed by atoms with Gasteiger partial charge in [-0.25, -0.2) is 0 Å². The molecule has 0 aliphatic rings. The number of nitrogens with zero attached hydrogens (tertiary/aromatic N) is 1. The average Bonchev–Trinajstić information content (AvgIpc) is 2.84. The number of amides is 2. The van der Waals surface area contributed by atoms with Crippen molar-refractivity contribution in [3.05, 3.63) is 101 Å². The first kappa shape index (κ1) is 26.5. The molecule has 34 heavy (non-hydrogen) atoms. The van der Waals surface area contributed by atoms with Crippen molar-refractivity contribution in [1.82, 2.24) is 20.9 Å². The van der Waals surface area contributed by atoms with E-state index < -0.39 is 6.04 Å². The molecular weight excluding hydrogens is 452 g/mol. The molecule has 0 spiro atoms. The summed E-state index contributed by atoms with van der Waals surface area (Å²) in [5.74, 6) is -0.589. The van der Waals surface area contributed by atoms with Crippen molar-refractivity contribution in [3.63, 3.8) is 0 Å². The van der Waals surface area contributed by atoms with Gasteiger partial charge in [-0.15, -0.1) is 12.4 Å². The number of nitrogen functional groups attached to an aromatic ring is 1. The zero-order valence-electron chi connectivity index (χ0n) is 18.7. The molecule has 178 valence electrons. The second-order valence-corrected chi connectivity index (χ2v) is 7.48. The SMILES string of the molecule is Cl.N=C(N)c1ccc(CNC(C(=O)NCC(=O)NCCc2ccccc2)c2ccccn2)cc1. The highest BCUT2D eigenvalue weighted by Crippen LogP contribution is 2.12. The number of pyridine rings is 1. The summed E-state index contributed by atoms with van der Waals surface area (Å²) >= 11 is 0. The van der Waals surface area contributed by atoms with Crippen LogP contribution < -0.4 is 21.7 Å². The first-order valence-corrected chi connectivity index (χ1v) is 10.7. The lowest BCUT2D eigenvalue weighted by Gasteiger charge is -2.18. The van der Waals surface area contributed by atoms with Gasteiger partial charge in [-0.1, -0.05) is 60.7 Å². The number of hydrogen-bond donors (Lipinski definition) is 5. The molecule has 1 atom stereocenters. The van der Waals surface area contributed by atoms with E-state index in [2.05, 4.69) is 20.9 Å². The Bertz CT molecular complexity index is 1060. The number of carbonyl (C=O) groups excluding carboxylic acids is 2. The van der Waals surface area contributed by atoms with Crippen LogP contribution in [0.3, 0.4) is 0 Å². The number of amidine groups is 1. The number of hydrogen-bond acceptors (Lipinski definition) is 5. The first-order chi connectivity index (χ1) is 16.0. The topological polar surface area (TPSA) is 133 Å². The minimum Gasteiger partial charge on any atom is -0.384 e. The molecule has 8 nitrogen and oxygen atoms in total. The van der Waals surface area contributed by atoms with Crippen LogP contribution in [-0.4, -0.2) is 35.7 Å². The maximum Gasteiger partial charge on any atom is 0.243 e. The third-order valence-electron chi connectivity index (χ3n) is 5.02. The lowest BCUT2D eigenvalue weighted by molar-refractivity contribution is -0.127. The second-order valence-electron chi connectivity index (χ2n) is 7.48. The van der Waals surface area contributed by atoms with Crippen LogP contribution in [0.5, 0.6) is 0 Å². The monoisotopic (exact) mass is 480 g/mol. The number of carbonyl (C=O) groups is 2. The molecule has 1 heterocycles. The number of nitrogens with one attached hydrogen (secondary N) is 4. The fourth-order valence-electron chi connectivity index (χ4n) is 3.22. The Morgan fingerprint density at radius 1 is 0.912 bits per heavy atom. The van der Waals surface area contributed by atoms with Gasteiger partial charge in [0, 0.05) is 24.8 Å². The molecule has 0 radical (unpaired) electrons. The van der Waals surface area contributed by atoms with E-state index in [9.17, 15) is 9.59 Å². The molecule has 1 unspecified atom stereocenters. The van der Waals surface area contributed by atoms with Gasteiger partial charge in [0.05, 0.1) is 12.2 Å². The summed E-state index contributed by atoms with van der Waals surface area (Å²) in [4.78, 5) is 29.3. The molecule has 1 aromatic heterocycles. The Kier molecular flexibility index (Phi) is 10.7. The molecule has 6 N–H and O–H groups in total. The molecule has 0 saturated carbocycles. The molecular formula is C25H29ClN6O2. The quantitative estimate of drug-likeness (QED) is 0.212. The lowest BCUT2D eigenvalue weighted by atomic mass is 10.1. The molecule has 0 aliphatic heterocycles. The Hall–Kier alpha value is -3.75. The average molecular weight is 481 g/mol. The van der Waals surface area contributed by atoms with Gasteiger partial charge in [-0.2, -0.15) is 0 Å². The standard InChI is InChI=1S/C25H28N6O2.ClH/c26-24(27)20-11-9-19(10-12-20)16-30-23(21-8-4-5-14-28-21)25(33)31-17-22(32)29-15-13-18-6-2-1-3-7-18;/h1-12,14,23,30H,13,15-17H2,(H3,26,27)(H,29,32)(H,31,33);1H. The molecule has 0 saturated heterocycles. The van der Waals surface area contributed by atoms with Crippen LogP contribution in [0.4, 0.5) is 0 Å². The van der Waals surface area contributed by atoms with Crippen LogP contribution in [0, 0.1) is 5.41 Å². The zero-order chi connectivity index (χ0) is 23.5. The summed E-state index contributed by atoms with van der Waals surface area (Å²) in [6.07, 6.45) is 2.34. The number of nitrogens with two attached hydrogens (primary N) is 1. The smallest absolute Gasteiger partial charge is 0.243 e. The van der Waals surface area contributed by atoms with Gasteiger partial charge in [0.2, 0.25) is 11.8 Å². The summed E-state index contributed by atoms with van der Waals surface area (Å²) in [5.41, 5.74) is 8.74. The summed E-state index contributed by atoms with van der Waals surface area (Å²) in [7, 11) is 0. The van der Waals surface area contributed by atoms with Gasteiger partial charge in [0.1, 0.15) is 11.9 Å². The molecule has 0 aliphatic carbocycles. The maximum absolute atomic E-state index is 12.9. The highest BCUT2D eigenvalue weighted by atomic mass is 35.5. The van der Waals surface area contributed by atoms with Crippen LogP contribution >= 0.6 is 12.4 Å². The van der Waals surface area contributed by atoms with E-state index in [4.69, 9.17) is 11.1 Å². The molecule has 2 aromatic carbocycles. The minimum absolute atomic E-state index is 0. The summed E-state index contributed by atoms with van der Waals surface area (Å²) < 4.78 is 0. The number of rotatable bonds is 11. The summed E-state index contributed by atoms with van der Waals surface area (Å²) in [6, 6.07) is 21.7. The number of aromatic nitrogens is 1. The van der Waals surface area contributed by atoms with Crippen molar-refractivity contribution in [3.8, 4) is 0 Å². The number of halogens is 1. The molecule has 0 fully saturated rings. The predicted molar refractivity (Wildman–Crippen MR) is 135 cm³/mol. The minimum atomic E-state index is -0.726. The van der Waals surface area contributed by atoms with Crippen LogP contribution in [0.2, 0.25) is 0 Å². The van der Waals surface area contributed by atoms with Crippen LogP contribution in [-0.2, 0) is 22.6 Å². The van der Waals surface area contributed by atoms with Gasteiger partial charge >= 0.3 is 0 Å². The molecule has 2 amide bonds. The second kappa shape index (κ2) is 13.7. The van der Waals surface area contributed by atoms with E-state index in [0.717, 1.165) is 17.5 Å². The summed E-state index contributed by atoms with van der Waals surface area (Å²) in [5, 5.41) is 16.2. The third kappa shape index (κ3) is 8.31. The lowest BCUT2D eigenvalue weighted by Crippen LogP contribution is -2.43. The third-order valence-corrected chi connectivity index (χ3v) is 5.02. The van der Waals surface area contributed by atoms with Crippen molar-refractivity contribution in [2.75, 3.05) is 13.1 Å². The van der Waals surface area contributed by atoms with Crippen LogP contribution in [0.1, 0.15) is 28.4 Å². The number of benzene rings is 2. The van der Waals surface area contributed by atoms with E-state index in [-0.39, 0.29) is 36.6 Å². The Labute approximate surface area is 205 Å². The largest absolute Gasteiger partial charge is 0.384 e. The van der Waals surface area contributed by atoms with Gasteiger partial charge in [-0.3, -0.25) is 25.3 Å². The van der Waals surface area contributed by atoms with Gasteiger partial charge < -0.3 is 16.4 Å². The fraction of sp³-hybridized carbons (Fsp3) is 0.200.